The van der Waals surface area contributed by atoms with Gasteiger partial charge in [0.05, 0.1) is 23.4 Å². The summed E-state index contributed by atoms with van der Waals surface area (Å²) in [6.45, 7) is 0. The molecule has 262 valence electrons. The number of benzene rings is 8. The van der Waals surface area contributed by atoms with E-state index in [9.17, 15) is 1.37 Å². The van der Waals surface area contributed by atoms with E-state index >= 15 is 0 Å². The average molecular weight is 726 g/mol. The summed E-state index contributed by atoms with van der Waals surface area (Å²) in [4.78, 5) is 15.3. The van der Waals surface area contributed by atoms with E-state index in [1.54, 1.807) is 34.9 Å². The monoisotopic (exact) mass is 725 g/mol. The topological polar surface area (TPSA) is 56.7 Å². The third-order valence-electron chi connectivity index (χ3n) is 10.1. The van der Waals surface area contributed by atoms with Gasteiger partial charge in [-0.25, -0.2) is 15.0 Å². The molecule has 0 aliphatic carbocycles. The standard InChI is InChI=1S/C51H32N4O/c1-3-14-33(15-4-1)34-28-30-36(31-29-34)49-52-50(54-51(53-49)43-24-13-27-46-47(43)42-21-8-10-26-45(42)56-46)37-18-11-19-38(32-37)55-44-25-9-7-20-40(44)41-23-12-22-39(48(41)55)35-16-5-2-6-17-35/h1-32H/i2D,5D,6D,7D,9D,16D,17D,20D,25D. The Kier molecular flexibility index (Phi) is 5.57. The predicted octanol–water partition coefficient (Wildman–Crippen LogP) is 13.2. The largest absolute Gasteiger partial charge is 0.456 e. The second kappa shape index (κ2) is 13.0. The molecular weight excluding hydrogens is 685 g/mol. The molecule has 0 unspecified atom stereocenters. The van der Waals surface area contributed by atoms with Gasteiger partial charge >= 0.3 is 0 Å². The van der Waals surface area contributed by atoms with Crippen LogP contribution in [0, 0.1) is 0 Å². The van der Waals surface area contributed by atoms with Gasteiger partial charge in [0, 0.05) is 49.5 Å². The van der Waals surface area contributed by atoms with Gasteiger partial charge < -0.3 is 8.98 Å². The van der Waals surface area contributed by atoms with Crippen LogP contribution in [0.3, 0.4) is 0 Å². The lowest BCUT2D eigenvalue weighted by Crippen LogP contribution is -2.01. The van der Waals surface area contributed by atoms with Crippen molar-refractivity contribution in [1.29, 1.82) is 0 Å². The summed E-state index contributed by atoms with van der Waals surface area (Å²) >= 11 is 0. The minimum absolute atomic E-state index is 0.0666. The molecule has 0 fully saturated rings. The number of fused-ring (bicyclic) bond motifs is 6. The van der Waals surface area contributed by atoms with E-state index < -0.39 is 42.3 Å². The molecule has 8 aromatic carbocycles. The highest BCUT2D eigenvalue weighted by molar-refractivity contribution is 6.14. The van der Waals surface area contributed by atoms with E-state index in [0.29, 0.717) is 45.2 Å². The number of para-hydroxylation sites is 3. The molecule has 56 heavy (non-hydrogen) atoms. The van der Waals surface area contributed by atoms with Crippen LogP contribution in [-0.2, 0) is 0 Å². The minimum Gasteiger partial charge on any atom is -0.456 e. The first-order valence-electron chi connectivity index (χ1n) is 22.5. The predicted molar refractivity (Wildman–Crippen MR) is 229 cm³/mol. The number of rotatable bonds is 6. The van der Waals surface area contributed by atoms with Crippen molar-refractivity contribution in [3.8, 4) is 62.1 Å². The van der Waals surface area contributed by atoms with Crippen LogP contribution in [0.2, 0.25) is 0 Å². The Morgan fingerprint density at radius 1 is 0.429 bits per heavy atom. The van der Waals surface area contributed by atoms with Crippen LogP contribution in [0.25, 0.3) is 106 Å². The van der Waals surface area contributed by atoms with Crippen molar-refractivity contribution in [3.63, 3.8) is 0 Å². The van der Waals surface area contributed by atoms with Crippen molar-refractivity contribution in [2.75, 3.05) is 0 Å². The van der Waals surface area contributed by atoms with Gasteiger partial charge in [-0.3, -0.25) is 0 Å². The summed E-state index contributed by atoms with van der Waals surface area (Å²) in [6.07, 6.45) is 0. The zero-order chi connectivity index (χ0) is 44.8. The summed E-state index contributed by atoms with van der Waals surface area (Å²) in [7, 11) is 0. The molecule has 0 saturated carbocycles. The molecule has 5 nitrogen and oxygen atoms in total. The second-order valence-corrected chi connectivity index (χ2v) is 13.3. The highest BCUT2D eigenvalue weighted by atomic mass is 16.3. The molecule has 3 aromatic heterocycles. The van der Waals surface area contributed by atoms with Gasteiger partial charge in [0.25, 0.3) is 0 Å². The molecular formula is C51H32N4O. The fraction of sp³-hybridized carbons (Fsp3) is 0. The van der Waals surface area contributed by atoms with Crippen molar-refractivity contribution in [3.05, 3.63) is 194 Å². The van der Waals surface area contributed by atoms with Gasteiger partial charge in [-0.1, -0.05) is 164 Å². The van der Waals surface area contributed by atoms with Crippen LogP contribution in [0.15, 0.2) is 198 Å². The summed E-state index contributed by atoms with van der Waals surface area (Å²) in [5.74, 6) is 1.13. The fourth-order valence-corrected chi connectivity index (χ4v) is 7.55. The van der Waals surface area contributed by atoms with Gasteiger partial charge in [-0.2, -0.15) is 0 Å². The summed E-state index contributed by atoms with van der Waals surface area (Å²) < 4.78 is 86.8. The third kappa shape index (κ3) is 5.29. The van der Waals surface area contributed by atoms with E-state index in [0.717, 1.165) is 38.6 Å². The van der Waals surface area contributed by atoms with E-state index in [4.69, 9.17) is 30.3 Å². The zero-order valence-corrected chi connectivity index (χ0v) is 29.5. The molecule has 0 spiro atoms. The van der Waals surface area contributed by atoms with E-state index in [1.165, 1.54) is 0 Å². The molecule has 11 aromatic rings. The molecule has 0 amide bonds. The first-order valence-corrected chi connectivity index (χ1v) is 18.0. The Morgan fingerprint density at radius 3 is 1.93 bits per heavy atom. The van der Waals surface area contributed by atoms with Crippen molar-refractivity contribution in [2.45, 2.75) is 0 Å². The lowest BCUT2D eigenvalue weighted by molar-refractivity contribution is 0.669. The van der Waals surface area contributed by atoms with Crippen molar-refractivity contribution >= 4 is 43.7 Å². The molecule has 5 heteroatoms. The molecule has 0 bridgehead atoms. The fourth-order valence-electron chi connectivity index (χ4n) is 7.55. The zero-order valence-electron chi connectivity index (χ0n) is 38.5. The van der Waals surface area contributed by atoms with Gasteiger partial charge in [-0.05, 0) is 47.0 Å². The van der Waals surface area contributed by atoms with E-state index in [1.807, 2.05) is 109 Å². The SMILES string of the molecule is [2H]c1c([2H])c([2H])c(-c2cccc3c4c([2H])c([2H])c([2H])c([2H])c4n(-c4cccc(-c5nc(-c6ccc(-c7ccccc7)cc6)nc(-c6cccc7oc8ccccc8c67)n5)c4)c23)c([2H])c1[2H]. The molecule has 3 heterocycles. The molecule has 0 aliphatic rings. The maximum atomic E-state index is 9.24. The lowest BCUT2D eigenvalue weighted by atomic mass is 10.0. The Morgan fingerprint density at radius 2 is 1.05 bits per heavy atom. The summed E-state index contributed by atoms with van der Waals surface area (Å²) in [6, 6.07) is 40.0. The number of hydrogen-bond donors (Lipinski definition) is 0. The lowest BCUT2D eigenvalue weighted by Gasteiger charge is -2.14. The average Bonchev–Trinajstić information content (AvgIpc) is 3.91. The van der Waals surface area contributed by atoms with E-state index in [-0.39, 0.29) is 34.1 Å². The third-order valence-corrected chi connectivity index (χ3v) is 10.1. The molecule has 0 aliphatic heterocycles. The number of aromatic nitrogens is 4. The molecule has 0 radical (unpaired) electrons. The maximum absolute atomic E-state index is 9.24. The Hall–Kier alpha value is -7.63. The van der Waals surface area contributed by atoms with E-state index in [2.05, 4.69) is 0 Å². The van der Waals surface area contributed by atoms with Crippen LogP contribution in [0.4, 0.5) is 0 Å². The highest BCUT2D eigenvalue weighted by Gasteiger charge is 2.20. The molecule has 0 N–H and O–H groups in total. The Balaban J connectivity index is 1.18. The van der Waals surface area contributed by atoms with Gasteiger partial charge in [-0.15, -0.1) is 0 Å². The summed E-state index contributed by atoms with van der Waals surface area (Å²) in [5, 5.41) is 2.38. The second-order valence-electron chi connectivity index (χ2n) is 13.3. The number of furan rings is 1. The van der Waals surface area contributed by atoms with Crippen molar-refractivity contribution in [2.24, 2.45) is 0 Å². The van der Waals surface area contributed by atoms with Crippen LogP contribution in [0.5, 0.6) is 0 Å². The van der Waals surface area contributed by atoms with Crippen LogP contribution < -0.4 is 0 Å². The number of nitrogens with zero attached hydrogens (tertiary/aromatic N) is 4. The van der Waals surface area contributed by atoms with Gasteiger partial charge in [0.1, 0.15) is 11.2 Å². The van der Waals surface area contributed by atoms with Crippen molar-refractivity contribution in [1.82, 2.24) is 19.5 Å². The first kappa shape index (κ1) is 23.9. The van der Waals surface area contributed by atoms with Crippen LogP contribution in [0.1, 0.15) is 12.3 Å². The molecule has 0 atom stereocenters. The smallest absolute Gasteiger partial charge is 0.164 e. The number of hydrogen-bond acceptors (Lipinski definition) is 4. The molecule has 0 saturated heterocycles. The van der Waals surface area contributed by atoms with Crippen LogP contribution >= 0.6 is 0 Å². The highest BCUT2D eigenvalue weighted by Crippen LogP contribution is 2.40. The minimum atomic E-state index is -0.538. The molecule has 11 rings (SSSR count). The quantitative estimate of drug-likeness (QED) is 0.171. The Labute approximate surface area is 335 Å². The normalized spacial score (nSPS) is 13.8. The summed E-state index contributed by atoms with van der Waals surface area (Å²) in [5.41, 5.74) is 6.64. The first-order chi connectivity index (χ1) is 31.5. The van der Waals surface area contributed by atoms with Crippen molar-refractivity contribution < 1.29 is 16.8 Å². The van der Waals surface area contributed by atoms with Gasteiger partial charge in [0.15, 0.2) is 17.5 Å². The Bertz CT molecular complexity index is 3750. The van der Waals surface area contributed by atoms with Crippen LogP contribution in [-0.4, -0.2) is 19.5 Å². The maximum Gasteiger partial charge on any atom is 0.164 e. The van der Waals surface area contributed by atoms with Gasteiger partial charge in [0.2, 0.25) is 0 Å².